The van der Waals surface area contributed by atoms with E-state index in [1.165, 1.54) is 51.4 Å². The Balaban J connectivity index is 1.64. The minimum atomic E-state index is 0.521. The van der Waals surface area contributed by atoms with E-state index in [1.807, 2.05) is 7.11 Å². The Bertz CT molecular complexity index is 271. The summed E-state index contributed by atoms with van der Waals surface area (Å²) in [4.78, 5) is 0. The Morgan fingerprint density at radius 1 is 0.900 bits per heavy atom. The molecule has 2 saturated carbocycles. The van der Waals surface area contributed by atoms with Crippen LogP contribution in [0.15, 0.2) is 12.2 Å². The summed E-state index contributed by atoms with van der Waals surface area (Å²) in [6.45, 7) is 3.83. The summed E-state index contributed by atoms with van der Waals surface area (Å²) in [6, 6.07) is 0. The zero-order chi connectivity index (χ0) is 14.2. The summed E-state index contributed by atoms with van der Waals surface area (Å²) in [5, 5.41) is 0. The molecule has 0 aliphatic heterocycles. The van der Waals surface area contributed by atoms with Gasteiger partial charge in [0.15, 0.2) is 0 Å². The maximum atomic E-state index is 5.90. The molecule has 0 amide bonds. The summed E-state index contributed by atoms with van der Waals surface area (Å²) < 4.78 is 11.2. The molecule has 2 fully saturated rings. The van der Waals surface area contributed by atoms with Gasteiger partial charge >= 0.3 is 0 Å². The average molecular weight is 280 g/mol. The van der Waals surface area contributed by atoms with Crippen LogP contribution in [0.25, 0.3) is 0 Å². The molecule has 0 aromatic carbocycles. The van der Waals surface area contributed by atoms with Gasteiger partial charge in [-0.25, -0.2) is 0 Å². The van der Waals surface area contributed by atoms with Crippen molar-refractivity contribution in [3.8, 4) is 0 Å². The first-order valence-corrected chi connectivity index (χ1v) is 8.55. The number of rotatable bonds is 6. The Labute approximate surface area is 124 Å². The molecule has 0 atom stereocenters. The van der Waals surface area contributed by atoms with E-state index < -0.39 is 0 Å². The molecule has 0 saturated heterocycles. The van der Waals surface area contributed by atoms with Gasteiger partial charge in [-0.2, -0.15) is 0 Å². The topological polar surface area (TPSA) is 18.5 Å². The predicted molar refractivity (Wildman–Crippen MR) is 83.8 cm³/mol. The van der Waals surface area contributed by atoms with E-state index in [-0.39, 0.29) is 0 Å². The quantitative estimate of drug-likeness (QED) is 0.662. The molecule has 116 valence electrons. The molecule has 0 spiro atoms. The van der Waals surface area contributed by atoms with Crippen molar-refractivity contribution in [2.45, 2.75) is 64.4 Å². The van der Waals surface area contributed by atoms with Crippen molar-refractivity contribution in [2.24, 2.45) is 17.8 Å². The third-order valence-electron chi connectivity index (χ3n) is 5.34. The van der Waals surface area contributed by atoms with Gasteiger partial charge in [0.05, 0.1) is 12.7 Å². The van der Waals surface area contributed by atoms with Gasteiger partial charge in [-0.15, -0.1) is 0 Å². The summed E-state index contributed by atoms with van der Waals surface area (Å²) >= 11 is 0. The summed E-state index contributed by atoms with van der Waals surface area (Å²) in [5.74, 6) is 2.79. The van der Waals surface area contributed by atoms with E-state index in [0.29, 0.717) is 6.10 Å². The third-order valence-corrected chi connectivity index (χ3v) is 5.34. The van der Waals surface area contributed by atoms with Crippen molar-refractivity contribution in [1.29, 1.82) is 0 Å². The van der Waals surface area contributed by atoms with E-state index in [1.54, 1.807) is 0 Å². The monoisotopic (exact) mass is 280 g/mol. The molecule has 2 aliphatic carbocycles. The zero-order valence-electron chi connectivity index (χ0n) is 13.4. The first-order valence-electron chi connectivity index (χ1n) is 8.55. The molecule has 2 aliphatic rings. The van der Waals surface area contributed by atoms with Crippen molar-refractivity contribution in [1.82, 2.24) is 0 Å². The van der Waals surface area contributed by atoms with Gasteiger partial charge in [0.1, 0.15) is 0 Å². The Morgan fingerprint density at radius 2 is 1.50 bits per heavy atom. The predicted octanol–water partition coefficient (Wildman–Crippen LogP) is 4.59. The van der Waals surface area contributed by atoms with Crippen LogP contribution < -0.4 is 0 Å². The largest absolute Gasteiger partial charge is 0.384 e. The van der Waals surface area contributed by atoms with E-state index >= 15 is 0 Å². The lowest BCUT2D eigenvalue weighted by Gasteiger charge is -2.37. The van der Waals surface area contributed by atoms with Crippen LogP contribution in [-0.4, -0.2) is 26.4 Å². The third kappa shape index (κ3) is 4.89. The van der Waals surface area contributed by atoms with Gasteiger partial charge in [0, 0.05) is 13.7 Å². The van der Waals surface area contributed by atoms with Crippen LogP contribution in [0, 0.1) is 17.8 Å². The highest BCUT2D eigenvalue weighted by molar-refractivity contribution is 4.83. The minimum Gasteiger partial charge on any atom is -0.384 e. The van der Waals surface area contributed by atoms with Crippen LogP contribution in [0.5, 0.6) is 0 Å². The van der Waals surface area contributed by atoms with Gasteiger partial charge in [0.2, 0.25) is 0 Å². The number of allylic oxidation sites excluding steroid dienone is 1. The van der Waals surface area contributed by atoms with Gasteiger partial charge in [-0.05, 0) is 76.0 Å². The van der Waals surface area contributed by atoms with Crippen molar-refractivity contribution >= 4 is 0 Å². The summed E-state index contributed by atoms with van der Waals surface area (Å²) in [6.07, 6.45) is 15.7. The molecule has 0 radical (unpaired) electrons. The first-order chi connectivity index (χ1) is 9.83. The maximum absolute atomic E-state index is 5.90. The molecule has 0 aromatic heterocycles. The number of methoxy groups -OCH3 is 1. The maximum Gasteiger partial charge on any atom is 0.0651 e. The normalized spacial score (nSPS) is 35.5. The van der Waals surface area contributed by atoms with Crippen LogP contribution in [0.4, 0.5) is 0 Å². The second-order valence-electron chi connectivity index (χ2n) is 6.68. The number of ether oxygens (including phenoxy) is 2. The van der Waals surface area contributed by atoms with E-state index in [2.05, 4.69) is 19.1 Å². The van der Waals surface area contributed by atoms with Gasteiger partial charge in [-0.3, -0.25) is 0 Å². The van der Waals surface area contributed by atoms with Crippen LogP contribution >= 0.6 is 0 Å². The van der Waals surface area contributed by atoms with Crippen molar-refractivity contribution in [3.63, 3.8) is 0 Å². The highest BCUT2D eigenvalue weighted by atomic mass is 16.5. The molecular formula is C18H32O2. The van der Waals surface area contributed by atoms with Crippen LogP contribution in [-0.2, 0) is 9.47 Å². The van der Waals surface area contributed by atoms with Crippen LogP contribution in [0.3, 0.4) is 0 Å². The summed E-state index contributed by atoms with van der Waals surface area (Å²) in [7, 11) is 1.83. The Kier molecular flexibility index (Phi) is 7.09. The average Bonchev–Trinajstić information content (AvgIpc) is 2.49. The van der Waals surface area contributed by atoms with Crippen molar-refractivity contribution in [3.05, 3.63) is 12.2 Å². The smallest absolute Gasteiger partial charge is 0.0651 e. The lowest BCUT2D eigenvalue weighted by Crippen LogP contribution is -2.29. The molecule has 2 rings (SSSR count). The molecule has 0 heterocycles. The fourth-order valence-corrected chi connectivity index (χ4v) is 4.08. The molecule has 0 N–H and O–H groups in total. The van der Waals surface area contributed by atoms with Crippen molar-refractivity contribution < 1.29 is 9.47 Å². The van der Waals surface area contributed by atoms with Gasteiger partial charge in [-0.1, -0.05) is 12.2 Å². The minimum absolute atomic E-state index is 0.521. The van der Waals surface area contributed by atoms with E-state index in [4.69, 9.17) is 9.47 Å². The highest BCUT2D eigenvalue weighted by Crippen LogP contribution is 2.40. The molecule has 0 bridgehead atoms. The Hall–Kier alpha value is -0.340. The summed E-state index contributed by atoms with van der Waals surface area (Å²) in [5.41, 5.74) is 0. The van der Waals surface area contributed by atoms with E-state index in [9.17, 15) is 0 Å². The number of hydrogen-bond acceptors (Lipinski definition) is 2. The lowest BCUT2D eigenvalue weighted by molar-refractivity contribution is 0.0188. The zero-order valence-corrected chi connectivity index (χ0v) is 13.4. The van der Waals surface area contributed by atoms with Gasteiger partial charge in [0.25, 0.3) is 0 Å². The van der Waals surface area contributed by atoms with Crippen LogP contribution in [0.2, 0.25) is 0 Å². The molecule has 20 heavy (non-hydrogen) atoms. The molecule has 2 heteroatoms. The lowest BCUT2D eigenvalue weighted by atomic mass is 9.71. The molecule has 0 unspecified atom stereocenters. The fraction of sp³-hybridized carbons (Fsp3) is 0.889. The van der Waals surface area contributed by atoms with E-state index in [0.717, 1.165) is 31.0 Å². The number of hydrogen-bond donors (Lipinski definition) is 0. The van der Waals surface area contributed by atoms with Crippen LogP contribution in [0.1, 0.15) is 58.3 Å². The fourth-order valence-electron chi connectivity index (χ4n) is 4.08. The molecule has 0 aromatic rings. The van der Waals surface area contributed by atoms with Crippen molar-refractivity contribution in [2.75, 3.05) is 20.3 Å². The second-order valence-corrected chi connectivity index (χ2v) is 6.68. The molecule has 2 nitrogen and oxygen atoms in total. The highest BCUT2D eigenvalue weighted by Gasteiger charge is 2.30. The molecular weight excluding hydrogens is 248 g/mol. The second kappa shape index (κ2) is 8.84. The Morgan fingerprint density at radius 3 is 2.05 bits per heavy atom. The van der Waals surface area contributed by atoms with Gasteiger partial charge < -0.3 is 9.47 Å². The standard InChI is InChI=1S/C18H32O2/c1-3-4-13-20-18-11-9-17(10-12-18)16-7-5-15(6-8-16)14-19-2/h3-4,15-18H,5-14H2,1-2H3/t15-,16-,17-,18-. The first kappa shape index (κ1) is 16.0. The SMILES string of the molecule is CC=CCO[C@H]1CC[C@H]([C@H]2CC[C@H](COC)CC2)CC1.